The Morgan fingerprint density at radius 2 is 2.00 bits per heavy atom. The molecule has 0 saturated heterocycles. The van der Waals surface area contributed by atoms with Gasteiger partial charge in [0, 0.05) is 30.2 Å². The van der Waals surface area contributed by atoms with Gasteiger partial charge < -0.3 is 29.2 Å². The van der Waals surface area contributed by atoms with Crippen LogP contribution in [0.25, 0.3) is 0 Å². The SMILES string of the molecule is CCOC(=O)C(C)OP(=O)(CCNCC(C)=CCC1=C(OC)C(C)C2=COC(=O)C2=C1O)Oc1ccccc1. The Balaban J connectivity index is 1.62. The van der Waals surface area contributed by atoms with E-state index in [0.717, 1.165) is 5.57 Å². The Bertz CT molecular complexity index is 1230. The lowest BCUT2D eigenvalue weighted by molar-refractivity contribution is -0.150. The number of fused-ring (bicyclic) bond motifs is 1. The minimum Gasteiger partial charge on any atom is -0.507 e. The molecule has 39 heavy (non-hydrogen) atoms. The van der Waals surface area contributed by atoms with Crippen molar-refractivity contribution in [3.8, 4) is 5.75 Å². The van der Waals surface area contributed by atoms with Crippen molar-refractivity contribution in [2.75, 3.05) is 33.0 Å². The van der Waals surface area contributed by atoms with Crippen molar-refractivity contribution in [3.05, 3.63) is 76.5 Å². The molecule has 1 aliphatic carbocycles. The summed E-state index contributed by atoms with van der Waals surface area (Å²) >= 11 is 0. The van der Waals surface area contributed by atoms with Gasteiger partial charge in [0.25, 0.3) is 0 Å². The average molecular weight is 562 g/mol. The third-order valence-corrected chi connectivity index (χ3v) is 8.13. The number of hydrogen-bond donors (Lipinski definition) is 2. The maximum Gasteiger partial charge on any atom is 0.381 e. The molecule has 3 atom stereocenters. The van der Waals surface area contributed by atoms with Gasteiger partial charge in [-0.05, 0) is 39.3 Å². The number of hydrogen-bond acceptors (Lipinski definition) is 10. The minimum absolute atomic E-state index is 0.0134. The summed E-state index contributed by atoms with van der Waals surface area (Å²) in [6.07, 6.45) is 2.57. The van der Waals surface area contributed by atoms with E-state index >= 15 is 0 Å². The highest BCUT2D eigenvalue weighted by Crippen LogP contribution is 2.49. The number of allylic oxidation sites excluding steroid dienone is 3. The number of aliphatic hydroxyl groups is 1. The number of carbonyl (C=O) groups is 2. The topological polar surface area (TPSA) is 130 Å². The van der Waals surface area contributed by atoms with Gasteiger partial charge in [0.15, 0.2) is 6.10 Å². The van der Waals surface area contributed by atoms with Crippen molar-refractivity contribution in [2.45, 2.75) is 40.2 Å². The number of carbonyl (C=O) groups excluding carboxylic acids is 2. The summed E-state index contributed by atoms with van der Waals surface area (Å²) in [6.45, 7) is 7.87. The number of esters is 2. The standard InChI is InChI=1S/C28H36NO9P/c1-6-35-27(31)20(4)37-39(33,38-21-10-8-7-9-11-21)15-14-29-16-18(2)12-13-22-25(30)24-23(17-36-28(24)32)19(3)26(22)34-5/h7-12,17,19-20,29-30H,6,13-16H2,1-5H3. The second-order valence-electron chi connectivity index (χ2n) is 9.14. The fourth-order valence-electron chi connectivity index (χ4n) is 4.23. The van der Waals surface area contributed by atoms with Crippen LogP contribution in [0.2, 0.25) is 0 Å². The fourth-order valence-corrected chi connectivity index (χ4v) is 5.91. The molecule has 1 heterocycles. The van der Waals surface area contributed by atoms with E-state index < -0.39 is 25.6 Å². The van der Waals surface area contributed by atoms with Crippen molar-refractivity contribution in [1.29, 1.82) is 0 Å². The van der Waals surface area contributed by atoms with E-state index in [1.165, 1.54) is 20.3 Å². The van der Waals surface area contributed by atoms with Gasteiger partial charge in [-0.2, -0.15) is 0 Å². The van der Waals surface area contributed by atoms with Gasteiger partial charge in [-0.3, -0.25) is 4.52 Å². The predicted molar refractivity (Wildman–Crippen MR) is 145 cm³/mol. The Labute approximate surface area is 228 Å². The van der Waals surface area contributed by atoms with Crippen molar-refractivity contribution >= 4 is 19.5 Å². The highest BCUT2D eigenvalue weighted by molar-refractivity contribution is 7.54. The van der Waals surface area contributed by atoms with Crippen molar-refractivity contribution in [2.24, 2.45) is 5.92 Å². The molecule has 1 aromatic carbocycles. The highest BCUT2D eigenvalue weighted by Gasteiger charge is 2.39. The number of ether oxygens (including phenoxy) is 3. The molecule has 0 amide bonds. The molecule has 2 N–H and O–H groups in total. The minimum atomic E-state index is -3.71. The summed E-state index contributed by atoms with van der Waals surface area (Å²) in [4.78, 5) is 24.2. The number of nitrogens with one attached hydrogen (secondary N) is 1. The molecule has 0 radical (unpaired) electrons. The summed E-state index contributed by atoms with van der Waals surface area (Å²) in [5.74, 6) is -0.618. The van der Waals surface area contributed by atoms with Crippen LogP contribution in [0, 0.1) is 5.92 Å². The molecule has 11 heteroatoms. The lowest BCUT2D eigenvalue weighted by atomic mass is 9.83. The molecule has 1 aliphatic heterocycles. The van der Waals surface area contributed by atoms with E-state index in [4.69, 9.17) is 23.3 Å². The third-order valence-electron chi connectivity index (χ3n) is 6.23. The van der Waals surface area contributed by atoms with Crippen LogP contribution in [0.5, 0.6) is 5.75 Å². The van der Waals surface area contributed by atoms with Gasteiger partial charge in [-0.1, -0.05) is 36.8 Å². The molecule has 0 aromatic heterocycles. The second-order valence-corrected chi connectivity index (χ2v) is 11.2. The molecule has 0 bridgehead atoms. The van der Waals surface area contributed by atoms with Crippen LogP contribution in [0.1, 0.15) is 34.1 Å². The second kappa shape index (κ2) is 13.6. The summed E-state index contributed by atoms with van der Waals surface area (Å²) in [5.41, 5.74) is 2.24. The number of benzene rings is 1. The molecular formula is C28H36NO9P. The van der Waals surface area contributed by atoms with Crippen LogP contribution in [0.3, 0.4) is 0 Å². The summed E-state index contributed by atoms with van der Waals surface area (Å²) in [6, 6.07) is 8.63. The lowest BCUT2D eigenvalue weighted by Crippen LogP contribution is -2.26. The zero-order chi connectivity index (χ0) is 28.6. The Morgan fingerprint density at radius 1 is 1.28 bits per heavy atom. The van der Waals surface area contributed by atoms with Crippen LogP contribution in [-0.4, -0.2) is 56.1 Å². The van der Waals surface area contributed by atoms with E-state index in [2.05, 4.69) is 5.32 Å². The number of cyclic esters (lactones) is 1. The van der Waals surface area contributed by atoms with Gasteiger partial charge in [0.05, 0.1) is 26.1 Å². The first-order valence-electron chi connectivity index (χ1n) is 12.8. The monoisotopic (exact) mass is 561 g/mol. The van der Waals surface area contributed by atoms with Gasteiger partial charge in [-0.15, -0.1) is 0 Å². The van der Waals surface area contributed by atoms with E-state index in [1.54, 1.807) is 37.3 Å². The van der Waals surface area contributed by atoms with E-state index in [9.17, 15) is 19.3 Å². The number of methoxy groups -OCH3 is 1. The van der Waals surface area contributed by atoms with Gasteiger partial charge in [0.1, 0.15) is 22.8 Å². The van der Waals surface area contributed by atoms with E-state index in [-0.39, 0.29) is 36.6 Å². The quantitative estimate of drug-likeness (QED) is 0.139. The average Bonchev–Trinajstić information content (AvgIpc) is 3.30. The van der Waals surface area contributed by atoms with E-state index in [1.807, 2.05) is 19.9 Å². The Kier molecular flexibility index (Phi) is 10.6. The molecule has 3 rings (SSSR count). The van der Waals surface area contributed by atoms with Gasteiger partial charge >= 0.3 is 19.5 Å². The maximum atomic E-state index is 13.5. The van der Waals surface area contributed by atoms with Gasteiger partial charge in [-0.25, -0.2) is 14.2 Å². The first kappa shape index (κ1) is 30.2. The molecule has 0 fully saturated rings. The zero-order valence-corrected chi connectivity index (χ0v) is 23.8. The van der Waals surface area contributed by atoms with Crippen LogP contribution >= 0.6 is 7.60 Å². The molecule has 0 saturated carbocycles. The van der Waals surface area contributed by atoms with Crippen LogP contribution < -0.4 is 9.84 Å². The zero-order valence-electron chi connectivity index (χ0n) is 22.9. The van der Waals surface area contributed by atoms with Gasteiger partial charge in [0.2, 0.25) is 0 Å². The van der Waals surface area contributed by atoms with Crippen molar-refractivity contribution < 1.29 is 42.5 Å². The predicted octanol–water partition coefficient (Wildman–Crippen LogP) is 4.96. The smallest absolute Gasteiger partial charge is 0.381 e. The Morgan fingerprint density at radius 3 is 2.67 bits per heavy atom. The normalized spacial score (nSPS) is 19.6. The number of rotatable bonds is 14. The summed E-state index contributed by atoms with van der Waals surface area (Å²) < 4.78 is 40.3. The summed E-state index contributed by atoms with van der Waals surface area (Å²) in [5, 5.41) is 14.0. The number of para-hydroxylation sites is 1. The van der Waals surface area contributed by atoms with Crippen LogP contribution in [0.15, 0.2) is 76.5 Å². The van der Waals surface area contributed by atoms with E-state index in [0.29, 0.717) is 35.6 Å². The molecule has 212 valence electrons. The largest absolute Gasteiger partial charge is 0.507 e. The third kappa shape index (κ3) is 7.62. The summed E-state index contributed by atoms with van der Waals surface area (Å²) in [7, 11) is -2.18. The molecular weight excluding hydrogens is 525 g/mol. The Hall–Kier alpha value is -3.33. The van der Waals surface area contributed by atoms with Crippen LogP contribution in [-0.2, 0) is 32.9 Å². The van der Waals surface area contributed by atoms with Crippen molar-refractivity contribution in [3.63, 3.8) is 0 Å². The first-order chi connectivity index (χ1) is 18.6. The fraction of sp³-hybridized carbons (Fsp3) is 0.429. The molecule has 10 nitrogen and oxygen atoms in total. The highest BCUT2D eigenvalue weighted by atomic mass is 31.2. The lowest BCUT2D eigenvalue weighted by Gasteiger charge is -2.25. The first-order valence-corrected chi connectivity index (χ1v) is 14.5. The number of aliphatic hydroxyl groups excluding tert-OH is 1. The molecule has 0 spiro atoms. The molecule has 1 aromatic rings. The van der Waals surface area contributed by atoms with Crippen LogP contribution in [0.4, 0.5) is 0 Å². The maximum absolute atomic E-state index is 13.5. The van der Waals surface area contributed by atoms with Crippen molar-refractivity contribution in [1.82, 2.24) is 5.32 Å². The molecule has 2 aliphatic rings. The molecule has 3 unspecified atom stereocenters.